The zero-order valence-corrected chi connectivity index (χ0v) is 9.46. The van der Waals surface area contributed by atoms with Crippen LogP contribution >= 0.6 is 0 Å². The van der Waals surface area contributed by atoms with Crippen molar-refractivity contribution in [3.05, 3.63) is 0 Å². The first-order chi connectivity index (χ1) is 6.00. The molecule has 78 valence electrons. The van der Waals surface area contributed by atoms with Crippen molar-refractivity contribution in [1.82, 2.24) is 4.90 Å². The fourth-order valence-corrected chi connectivity index (χ4v) is 1.79. The predicted octanol–water partition coefficient (Wildman–Crippen LogP) is 1.56. The van der Waals surface area contributed by atoms with Gasteiger partial charge >= 0.3 is 0 Å². The second-order valence-electron chi connectivity index (χ2n) is 5.03. The molecule has 4 atom stereocenters. The van der Waals surface area contributed by atoms with Crippen molar-refractivity contribution < 1.29 is 0 Å². The molecular formula is C11H24N2. The van der Waals surface area contributed by atoms with Crippen LogP contribution in [0.4, 0.5) is 0 Å². The third kappa shape index (κ3) is 3.65. The number of nitrogens with zero attached hydrogens (tertiary/aromatic N) is 1. The van der Waals surface area contributed by atoms with E-state index in [-0.39, 0.29) is 0 Å². The lowest BCUT2D eigenvalue weighted by atomic mass is 10.0. The monoisotopic (exact) mass is 184 g/mol. The van der Waals surface area contributed by atoms with Gasteiger partial charge in [0.2, 0.25) is 0 Å². The molecule has 0 saturated heterocycles. The van der Waals surface area contributed by atoms with Gasteiger partial charge in [-0.2, -0.15) is 0 Å². The summed E-state index contributed by atoms with van der Waals surface area (Å²) in [4.78, 5) is 2.43. The van der Waals surface area contributed by atoms with Gasteiger partial charge in [0.15, 0.2) is 0 Å². The van der Waals surface area contributed by atoms with Crippen LogP contribution in [0.15, 0.2) is 0 Å². The van der Waals surface area contributed by atoms with E-state index in [1.54, 1.807) is 0 Å². The van der Waals surface area contributed by atoms with E-state index in [0.29, 0.717) is 12.0 Å². The molecule has 1 saturated carbocycles. The van der Waals surface area contributed by atoms with Crippen LogP contribution in [0.1, 0.15) is 27.2 Å². The Balaban J connectivity index is 2.13. The fraction of sp³-hybridized carbons (Fsp3) is 1.00. The number of hydrogen-bond donors (Lipinski definition) is 1. The number of rotatable bonds is 5. The van der Waals surface area contributed by atoms with Crippen molar-refractivity contribution in [3.63, 3.8) is 0 Å². The quantitative estimate of drug-likeness (QED) is 0.702. The maximum Gasteiger partial charge on any atom is 0.00483 e. The summed E-state index contributed by atoms with van der Waals surface area (Å²) in [5.74, 6) is 2.54. The van der Waals surface area contributed by atoms with Crippen LogP contribution < -0.4 is 5.73 Å². The van der Waals surface area contributed by atoms with E-state index in [4.69, 9.17) is 5.73 Å². The highest BCUT2D eigenvalue weighted by Gasteiger charge is 2.33. The molecule has 0 amide bonds. The Morgan fingerprint density at radius 3 is 2.38 bits per heavy atom. The largest absolute Gasteiger partial charge is 0.328 e. The van der Waals surface area contributed by atoms with Crippen molar-refractivity contribution in [2.24, 2.45) is 23.5 Å². The van der Waals surface area contributed by atoms with Gasteiger partial charge in [-0.05, 0) is 38.1 Å². The summed E-state index contributed by atoms with van der Waals surface area (Å²) in [5.41, 5.74) is 5.83. The number of nitrogens with two attached hydrogens (primary N) is 1. The summed E-state index contributed by atoms with van der Waals surface area (Å²) in [6, 6.07) is 0.319. The van der Waals surface area contributed by atoms with Crippen LogP contribution in [0.3, 0.4) is 0 Å². The highest BCUT2D eigenvalue weighted by molar-refractivity contribution is 4.84. The van der Waals surface area contributed by atoms with Crippen molar-refractivity contribution in [2.45, 2.75) is 33.2 Å². The molecule has 1 aliphatic rings. The molecule has 13 heavy (non-hydrogen) atoms. The predicted molar refractivity (Wildman–Crippen MR) is 57.6 cm³/mol. The van der Waals surface area contributed by atoms with Gasteiger partial charge < -0.3 is 10.6 Å². The molecule has 1 fully saturated rings. The third-order valence-corrected chi connectivity index (χ3v) is 3.32. The van der Waals surface area contributed by atoms with Gasteiger partial charge in [0.1, 0.15) is 0 Å². The van der Waals surface area contributed by atoms with Crippen LogP contribution in [0.25, 0.3) is 0 Å². The standard InChI is InChI=1S/C11H24N2/c1-8-5-11(8)7-13(4)6-9(2)10(3)12/h8-11H,5-7,12H2,1-4H3. The summed E-state index contributed by atoms with van der Waals surface area (Å²) in [6.07, 6.45) is 1.43. The molecule has 2 N–H and O–H groups in total. The lowest BCUT2D eigenvalue weighted by molar-refractivity contribution is 0.256. The van der Waals surface area contributed by atoms with Gasteiger partial charge in [-0.15, -0.1) is 0 Å². The zero-order chi connectivity index (χ0) is 10.0. The van der Waals surface area contributed by atoms with Gasteiger partial charge in [-0.25, -0.2) is 0 Å². The zero-order valence-electron chi connectivity index (χ0n) is 9.46. The van der Waals surface area contributed by atoms with E-state index in [1.165, 1.54) is 13.0 Å². The maximum absolute atomic E-state index is 5.83. The molecule has 2 nitrogen and oxygen atoms in total. The average Bonchev–Trinajstić information content (AvgIpc) is 2.65. The lowest BCUT2D eigenvalue weighted by Gasteiger charge is -2.23. The smallest absolute Gasteiger partial charge is 0.00483 e. The van der Waals surface area contributed by atoms with E-state index < -0.39 is 0 Å². The van der Waals surface area contributed by atoms with Crippen LogP contribution in [0, 0.1) is 17.8 Å². The highest BCUT2D eigenvalue weighted by Crippen LogP contribution is 2.37. The van der Waals surface area contributed by atoms with E-state index in [1.807, 2.05) is 0 Å². The molecule has 2 heteroatoms. The topological polar surface area (TPSA) is 29.3 Å². The molecule has 0 spiro atoms. The van der Waals surface area contributed by atoms with Gasteiger partial charge in [-0.3, -0.25) is 0 Å². The van der Waals surface area contributed by atoms with Crippen molar-refractivity contribution >= 4 is 0 Å². The molecule has 1 rings (SSSR count). The minimum Gasteiger partial charge on any atom is -0.328 e. The maximum atomic E-state index is 5.83. The normalized spacial score (nSPS) is 31.8. The van der Waals surface area contributed by atoms with Crippen LogP contribution in [-0.2, 0) is 0 Å². The first-order valence-corrected chi connectivity index (χ1v) is 5.44. The van der Waals surface area contributed by atoms with E-state index in [9.17, 15) is 0 Å². The molecule has 0 aliphatic heterocycles. The average molecular weight is 184 g/mol. The Hall–Kier alpha value is -0.0800. The van der Waals surface area contributed by atoms with Crippen molar-refractivity contribution in [1.29, 1.82) is 0 Å². The molecule has 0 heterocycles. The minimum atomic E-state index is 0.319. The van der Waals surface area contributed by atoms with Crippen LogP contribution in [-0.4, -0.2) is 31.1 Å². The molecule has 1 aliphatic carbocycles. The van der Waals surface area contributed by atoms with Gasteiger partial charge in [0.05, 0.1) is 0 Å². The molecule has 0 aromatic heterocycles. The molecule has 4 unspecified atom stereocenters. The fourth-order valence-electron chi connectivity index (χ4n) is 1.79. The summed E-state index contributed by atoms with van der Waals surface area (Å²) in [6.45, 7) is 9.07. The highest BCUT2D eigenvalue weighted by atomic mass is 15.1. The molecule has 0 bridgehead atoms. The second-order valence-corrected chi connectivity index (χ2v) is 5.03. The molecule has 0 aromatic rings. The summed E-state index contributed by atoms with van der Waals surface area (Å²) in [7, 11) is 2.21. The Labute approximate surface area is 82.5 Å². The number of hydrogen-bond acceptors (Lipinski definition) is 2. The molecule has 0 aromatic carbocycles. The first kappa shape index (κ1) is 11.0. The van der Waals surface area contributed by atoms with Gasteiger partial charge in [0, 0.05) is 19.1 Å². The van der Waals surface area contributed by atoms with E-state index >= 15 is 0 Å². The summed E-state index contributed by atoms with van der Waals surface area (Å²) in [5, 5.41) is 0. The second kappa shape index (κ2) is 4.43. The third-order valence-electron chi connectivity index (χ3n) is 3.32. The Kier molecular flexibility index (Phi) is 3.74. The van der Waals surface area contributed by atoms with E-state index in [0.717, 1.165) is 18.4 Å². The first-order valence-electron chi connectivity index (χ1n) is 5.44. The SMILES string of the molecule is CC(N)C(C)CN(C)CC1CC1C. The van der Waals surface area contributed by atoms with Crippen LogP contribution in [0.5, 0.6) is 0 Å². The van der Waals surface area contributed by atoms with Crippen molar-refractivity contribution in [3.8, 4) is 0 Å². The van der Waals surface area contributed by atoms with Crippen LogP contribution in [0.2, 0.25) is 0 Å². The minimum absolute atomic E-state index is 0.319. The molecular weight excluding hydrogens is 160 g/mol. The molecule has 0 radical (unpaired) electrons. The summed E-state index contributed by atoms with van der Waals surface area (Å²) >= 11 is 0. The van der Waals surface area contributed by atoms with Gasteiger partial charge in [0.25, 0.3) is 0 Å². The summed E-state index contributed by atoms with van der Waals surface area (Å²) < 4.78 is 0. The Morgan fingerprint density at radius 1 is 1.46 bits per heavy atom. The Bertz CT molecular complexity index is 156. The lowest BCUT2D eigenvalue weighted by Crippen LogP contribution is -2.35. The van der Waals surface area contributed by atoms with Gasteiger partial charge in [-0.1, -0.05) is 13.8 Å². The Morgan fingerprint density at radius 2 is 2.00 bits per heavy atom. The van der Waals surface area contributed by atoms with E-state index in [2.05, 4.69) is 32.7 Å². The van der Waals surface area contributed by atoms with Crippen molar-refractivity contribution in [2.75, 3.05) is 20.1 Å².